The van der Waals surface area contributed by atoms with Gasteiger partial charge in [0.1, 0.15) is 0 Å². The summed E-state index contributed by atoms with van der Waals surface area (Å²) < 4.78 is 7.19. The molecule has 1 aromatic carbocycles. The minimum absolute atomic E-state index is 0.475. The van der Waals surface area contributed by atoms with Crippen LogP contribution in [0.15, 0.2) is 18.2 Å². The third-order valence-electron chi connectivity index (χ3n) is 2.41. The Hall–Kier alpha value is -1.26. The summed E-state index contributed by atoms with van der Waals surface area (Å²) in [5, 5.41) is 0.665. The van der Waals surface area contributed by atoms with Gasteiger partial charge in [0.2, 0.25) is 5.95 Å². The predicted molar refractivity (Wildman–Crippen MR) is 65.6 cm³/mol. The molecule has 86 valence electrons. The number of nitrogens with zero attached hydrogens (tertiary/aromatic N) is 2. The van der Waals surface area contributed by atoms with Crippen molar-refractivity contribution in [3.05, 3.63) is 23.2 Å². The van der Waals surface area contributed by atoms with Crippen LogP contribution in [-0.4, -0.2) is 22.8 Å². The molecular weight excluding hydrogens is 226 g/mol. The number of fused-ring (bicyclic) bond motifs is 1. The molecular formula is C11H14ClN3O. The molecule has 0 aliphatic carbocycles. The first-order valence-corrected chi connectivity index (χ1v) is 5.59. The Kier molecular flexibility index (Phi) is 3.31. The van der Waals surface area contributed by atoms with Crippen LogP contribution in [0.25, 0.3) is 11.0 Å². The number of ether oxygens (including phenoxy) is 1. The Morgan fingerprint density at radius 2 is 2.31 bits per heavy atom. The highest BCUT2D eigenvalue weighted by Gasteiger charge is 2.10. The largest absolute Gasteiger partial charge is 0.380 e. The van der Waals surface area contributed by atoms with Gasteiger partial charge in [-0.3, -0.25) is 0 Å². The summed E-state index contributed by atoms with van der Waals surface area (Å²) in [5.74, 6) is 0.475. The molecule has 2 rings (SSSR count). The molecule has 0 saturated carbocycles. The number of anilines is 1. The van der Waals surface area contributed by atoms with E-state index in [4.69, 9.17) is 22.1 Å². The second-order valence-corrected chi connectivity index (χ2v) is 3.83. The van der Waals surface area contributed by atoms with Gasteiger partial charge in [-0.2, -0.15) is 0 Å². The van der Waals surface area contributed by atoms with Crippen LogP contribution in [0.4, 0.5) is 5.95 Å². The van der Waals surface area contributed by atoms with Gasteiger partial charge in [-0.15, -0.1) is 0 Å². The molecule has 0 aliphatic heterocycles. The maximum Gasteiger partial charge on any atom is 0.201 e. The summed E-state index contributed by atoms with van der Waals surface area (Å²) in [6.45, 7) is 3.93. The molecule has 0 fully saturated rings. The summed E-state index contributed by atoms with van der Waals surface area (Å²) in [5.41, 5.74) is 7.54. The minimum Gasteiger partial charge on any atom is -0.380 e. The highest BCUT2D eigenvalue weighted by Crippen LogP contribution is 2.25. The molecule has 0 spiro atoms. The van der Waals surface area contributed by atoms with Crippen LogP contribution in [0.5, 0.6) is 0 Å². The van der Waals surface area contributed by atoms with E-state index in [1.54, 1.807) is 0 Å². The standard InChI is InChI=1S/C11H14ClN3O/c1-2-16-7-6-15-10-8(12)4-3-5-9(10)14-11(15)13/h3-5H,2,6-7H2,1H3,(H2,13,14). The lowest BCUT2D eigenvalue weighted by molar-refractivity contribution is 0.140. The smallest absolute Gasteiger partial charge is 0.201 e. The van der Waals surface area contributed by atoms with Crippen molar-refractivity contribution in [3.8, 4) is 0 Å². The van der Waals surface area contributed by atoms with Crippen molar-refractivity contribution in [2.24, 2.45) is 0 Å². The molecule has 0 atom stereocenters. The fourth-order valence-corrected chi connectivity index (χ4v) is 1.96. The van der Waals surface area contributed by atoms with Gasteiger partial charge in [-0.25, -0.2) is 4.98 Å². The average molecular weight is 240 g/mol. The maximum absolute atomic E-state index is 6.13. The quantitative estimate of drug-likeness (QED) is 0.833. The molecule has 0 aliphatic rings. The predicted octanol–water partition coefficient (Wildman–Crippen LogP) is 2.31. The lowest BCUT2D eigenvalue weighted by Gasteiger charge is -2.07. The molecule has 0 saturated heterocycles. The average Bonchev–Trinajstić information content (AvgIpc) is 2.57. The summed E-state index contributed by atoms with van der Waals surface area (Å²) in [4.78, 5) is 4.25. The molecule has 2 aromatic rings. The first-order chi connectivity index (χ1) is 7.74. The van der Waals surface area contributed by atoms with Gasteiger partial charge in [0.05, 0.1) is 22.7 Å². The zero-order valence-corrected chi connectivity index (χ0v) is 9.87. The second-order valence-electron chi connectivity index (χ2n) is 3.43. The van der Waals surface area contributed by atoms with Gasteiger partial charge >= 0.3 is 0 Å². The van der Waals surface area contributed by atoms with Gasteiger partial charge in [-0.1, -0.05) is 17.7 Å². The Bertz CT molecular complexity index is 495. The fraction of sp³-hybridized carbons (Fsp3) is 0.364. The SMILES string of the molecule is CCOCCn1c(N)nc2cccc(Cl)c21. The van der Waals surface area contributed by atoms with E-state index in [2.05, 4.69) is 4.98 Å². The van der Waals surface area contributed by atoms with Crippen molar-refractivity contribution in [1.29, 1.82) is 0 Å². The number of nitrogens with two attached hydrogens (primary N) is 1. The number of halogens is 1. The van der Waals surface area contributed by atoms with E-state index in [-0.39, 0.29) is 0 Å². The normalized spacial score (nSPS) is 11.1. The lowest BCUT2D eigenvalue weighted by atomic mass is 10.3. The number of rotatable bonds is 4. The van der Waals surface area contributed by atoms with Crippen LogP contribution in [0.1, 0.15) is 6.92 Å². The molecule has 0 radical (unpaired) electrons. The number of benzene rings is 1. The van der Waals surface area contributed by atoms with Crippen molar-refractivity contribution in [3.63, 3.8) is 0 Å². The van der Waals surface area contributed by atoms with E-state index in [0.717, 1.165) is 11.0 Å². The molecule has 1 aromatic heterocycles. The van der Waals surface area contributed by atoms with E-state index in [9.17, 15) is 0 Å². The lowest BCUT2D eigenvalue weighted by Crippen LogP contribution is -2.09. The molecule has 0 bridgehead atoms. The zero-order chi connectivity index (χ0) is 11.5. The van der Waals surface area contributed by atoms with Crippen molar-refractivity contribution in [2.45, 2.75) is 13.5 Å². The number of hydrogen-bond acceptors (Lipinski definition) is 3. The topological polar surface area (TPSA) is 53.1 Å². The molecule has 0 amide bonds. The first-order valence-electron chi connectivity index (χ1n) is 5.22. The number of hydrogen-bond donors (Lipinski definition) is 1. The third kappa shape index (κ3) is 1.99. The van der Waals surface area contributed by atoms with Gasteiger partial charge in [0.15, 0.2) is 0 Å². The van der Waals surface area contributed by atoms with Gasteiger partial charge in [0, 0.05) is 13.2 Å². The number of aromatic nitrogens is 2. The summed E-state index contributed by atoms with van der Waals surface area (Å²) in [7, 11) is 0. The third-order valence-corrected chi connectivity index (χ3v) is 2.72. The van der Waals surface area contributed by atoms with Crippen LogP contribution in [-0.2, 0) is 11.3 Å². The second kappa shape index (κ2) is 4.72. The van der Waals surface area contributed by atoms with Crippen LogP contribution < -0.4 is 5.73 Å². The number of imidazole rings is 1. The summed E-state index contributed by atoms with van der Waals surface area (Å²) >= 11 is 6.13. The molecule has 5 heteroatoms. The van der Waals surface area contributed by atoms with Crippen molar-refractivity contribution in [2.75, 3.05) is 18.9 Å². The highest BCUT2D eigenvalue weighted by atomic mass is 35.5. The zero-order valence-electron chi connectivity index (χ0n) is 9.11. The van der Waals surface area contributed by atoms with Crippen molar-refractivity contribution in [1.82, 2.24) is 9.55 Å². The minimum atomic E-state index is 0.475. The van der Waals surface area contributed by atoms with Gasteiger partial charge in [-0.05, 0) is 19.1 Å². The monoisotopic (exact) mass is 239 g/mol. The Morgan fingerprint density at radius 3 is 3.06 bits per heavy atom. The van der Waals surface area contributed by atoms with Crippen molar-refractivity contribution < 1.29 is 4.74 Å². The van der Waals surface area contributed by atoms with E-state index in [1.807, 2.05) is 29.7 Å². The summed E-state index contributed by atoms with van der Waals surface area (Å²) in [6.07, 6.45) is 0. The Morgan fingerprint density at radius 1 is 1.50 bits per heavy atom. The Labute approximate surface area is 99.0 Å². The summed E-state index contributed by atoms with van der Waals surface area (Å²) in [6, 6.07) is 5.60. The highest BCUT2D eigenvalue weighted by molar-refractivity contribution is 6.35. The van der Waals surface area contributed by atoms with E-state index in [0.29, 0.717) is 30.7 Å². The van der Waals surface area contributed by atoms with E-state index in [1.165, 1.54) is 0 Å². The molecule has 4 nitrogen and oxygen atoms in total. The van der Waals surface area contributed by atoms with Crippen molar-refractivity contribution >= 4 is 28.6 Å². The number of para-hydroxylation sites is 1. The van der Waals surface area contributed by atoms with Gasteiger partial charge in [0.25, 0.3) is 0 Å². The maximum atomic E-state index is 6.13. The fourth-order valence-electron chi connectivity index (χ4n) is 1.69. The molecule has 1 heterocycles. The first kappa shape index (κ1) is 11.2. The van der Waals surface area contributed by atoms with Crippen LogP contribution in [0.3, 0.4) is 0 Å². The molecule has 2 N–H and O–H groups in total. The van der Waals surface area contributed by atoms with E-state index < -0.39 is 0 Å². The van der Waals surface area contributed by atoms with Crippen LogP contribution in [0, 0.1) is 0 Å². The van der Waals surface area contributed by atoms with E-state index >= 15 is 0 Å². The van der Waals surface area contributed by atoms with Crippen LogP contribution in [0.2, 0.25) is 5.02 Å². The molecule has 16 heavy (non-hydrogen) atoms. The van der Waals surface area contributed by atoms with Crippen LogP contribution >= 0.6 is 11.6 Å². The number of nitrogen functional groups attached to an aromatic ring is 1. The Balaban J connectivity index is 2.38. The van der Waals surface area contributed by atoms with Gasteiger partial charge < -0.3 is 15.0 Å². The molecule has 0 unspecified atom stereocenters.